The number of fused-ring (bicyclic) bond motifs is 2. The first-order chi connectivity index (χ1) is 14.7. The molecular weight excluding hydrogens is 364 g/mol. The second kappa shape index (κ2) is 8.04. The molecule has 1 aromatic heterocycles. The van der Waals surface area contributed by atoms with Crippen LogP contribution in [0.5, 0.6) is 0 Å². The number of hydrogen-bond donors (Lipinski definition) is 0. The lowest BCUT2D eigenvalue weighted by Crippen LogP contribution is -2.29. The van der Waals surface area contributed by atoms with Gasteiger partial charge in [0.1, 0.15) is 0 Å². The lowest BCUT2D eigenvalue weighted by Gasteiger charge is -2.32. The normalized spacial score (nSPS) is 14.9. The van der Waals surface area contributed by atoms with Crippen molar-refractivity contribution in [1.82, 2.24) is 9.88 Å². The molecule has 0 bridgehead atoms. The van der Waals surface area contributed by atoms with Crippen LogP contribution >= 0.6 is 0 Å². The van der Waals surface area contributed by atoms with Gasteiger partial charge >= 0.3 is 0 Å². The number of para-hydroxylation sites is 1. The van der Waals surface area contributed by atoms with Crippen molar-refractivity contribution >= 4 is 10.9 Å². The van der Waals surface area contributed by atoms with E-state index in [0.29, 0.717) is 12.0 Å². The molecule has 1 unspecified atom stereocenters. The van der Waals surface area contributed by atoms with Crippen LogP contribution < -0.4 is 0 Å². The monoisotopic (exact) mass is 392 g/mol. The number of rotatable bonds is 5. The molecule has 4 aromatic rings. The van der Waals surface area contributed by atoms with Gasteiger partial charge in [-0.3, -0.25) is 9.88 Å². The first-order valence-electron chi connectivity index (χ1n) is 10.9. The Bertz CT molecular complexity index is 1140. The Hall–Kier alpha value is -2.97. The first-order valence-corrected chi connectivity index (χ1v) is 10.9. The summed E-state index contributed by atoms with van der Waals surface area (Å²) < 4.78 is 0. The summed E-state index contributed by atoms with van der Waals surface area (Å²) in [7, 11) is 0. The molecule has 2 nitrogen and oxygen atoms in total. The van der Waals surface area contributed by atoms with E-state index in [1.807, 2.05) is 0 Å². The third-order valence-corrected chi connectivity index (χ3v) is 6.24. The minimum atomic E-state index is 0.292. The van der Waals surface area contributed by atoms with Gasteiger partial charge in [-0.15, -0.1) is 0 Å². The molecule has 0 amide bonds. The van der Waals surface area contributed by atoms with Crippen molar-refractivity contribution in [3.05, 3.63) is 113 Å². The van der Waals surface area contributed by atoms with Gasteiger partial charge in [-0.2, -0.15) is 0 Å². The zero-order valence-corrected chi connectivity index (χ0v) is 17.8. The van der Waals surface area contributed by atoms with Gasteiger partial charge in [-0.05, 0) is 46.7 Å². The van der Waals surface area contributed by atoms with E-state index in [9.17, 15) is 0 Å². The van der Waals surface area contributed by atoms with Crippen LogP contribution in [-0.2, 0) is 19.5 Å². The van der Waals surface area contributed by atoms with Crippen molar-refractivity contribution in [2.45, 2.75) is 39.4 Å². The SMILES string of the molecule is CC(C)C(c1nc2ccccc2cc1Cc1ccccc1)N1Cc2ccccc2C1. The maximum atomic E-state index is 5.26. The number of benzene rings is 3. The second-order valence-corrected chi connectivity index (χ2v) is 8.75. The summed E-state index contributed by atoms with van der Waals surface area (Å²) in [5.74, 6) is 0.475. The van der Waals surface area contributed by atoms with Gasteiger partial charge < -0.3 is 0 Å². The Labute approximate surface area is 179 Å². The molecular formula is C28H28N2. The van der Waals surface area contributed by atoms with Crippen LogP contribution in [0.15, 0.2) is 84.9 Å². The van der Waals surface area contributed by atoms with E-state index in [2.05, 4.69) is 104 Å². The number of aromatic nitrogens is 1. The van der Waals surface area contributed by atoms with Crippen LogP contribution in [0, 0.1) is 5.92 Å². The highest BCUT2D eigenvalue weighted by molar-refractivity contribution is 5.79. The number of nitrogens with zero attached hydrogens (tertiary/aromatic N) is 2. The molecule has 1 atom stereocenters. The molecule has 2 heterocycles. The fourth-order valence-electron chi connectivity index (χ4n) is 4.85. The highest BCUT2D eigenvalue weighted by atomic mass is 15.2. The molecule has 1 aliphatic heterocycles. The van der Waals surface area contributed by atoms with E-state index in [4.69, 9.17) is 4.98 Å². The molecule has 5 rings (SSSR count). The van der Waals surface area contributed by atoms with Gasteiger partial charge in [0, 0.05) is 18.5 Å². The predicted molar refractivity (Wildman–Crippen MR) is 124 cm³/mol. The largest absolute Gasteiger partial charge is 0.286 e. The number of pyridine rings is 1. The Morgan fingerprint density at radius 2 is 1.43 bits per heavy atom. The third kappa shape index (κ3) is 3.64. The van der Waals surface area contributed by atoms with Crippen molar-refractivity contribution in [3.8, 4) is 0 Å². The summed E-state index contributed by atoms with van der Waals surface area (Å²) in [5.41, 5.74) is 7.91. The molecule has 3 aromatic carbocycles. The standard InChI is InChI=1S/C28H28N2/c1-20(2)28(30-18-23-13-6-7-14-24(23)19-30)27-25(16-21-10-4-3-5-11-21)17-22-12-8-9-15-26(22)29-27/h3-15,17,20,28H,16,18-19H2,1-2H3. The van der Waals surface area contributed by atoms with E-state index >= 15 is 0 Å². The van der Waals surface area contributed by atoms with Gasteiger partial charge in [0.2, 0.25) is 0 Å². The van der Waals surface area contributed by atoms with Crippen molar-refractivity contribution in [3.63, 3.8) is 0 Å². The van der Waals surface area contributed by atoms with Crippen molar-refractivity contribution in [2.24, 2.45) is 5.92 Å². The lowest BCUT2D eigenvalue weighted by molar-refractivity contribution is 0.151. The highest BCUT2D eigenvalue weighted by Gasteiger charge is 2.31. The zero-order chi connectivity index (χ0) is 20.5. The summed E-state index contributed by atoms with van der Waals surface area (Å²) in [6.45, 7) is 6.66. The molecule has 0 spiro atoms. The van der Waals surface area contributed by atoms with Crippen molar-refractivity contribution < 1.29 is 0 Å². The molecule has 0 fully saturated rings. The average molecular weight is 393 g/mol. The zero-order valence-electron chi connectivity index (χ0n) is 17.8. The van der Waals surface area contributed by atoms with E-state index in [0.717, 1.165) is 25.0 Å². The first kappa shape index (κ1) is 19.0. The quantitative estimate of drug-likeness (QED) is 0.383. The predicted octanol–water partition coefficient (Wildman–Crippen LogP) is 6.54. The Kier molecular flexibility index (Phi) is 5.10. The lowest BCUT2D eigenvalue weighted by atomic mass is 9.91. The van der Waals surface area contributed by atoms with Gasteiger partial charge in [0.15, 0.2) is 0 Å². The summed E-state index contributed by atoms with van der Waals surface area (Å²) in [5, 5.41) is 1.22. The molecule has 30 heavy (non-hydrogen) atoms. The van der Waals surface area contributed by atoms with Crippen LogP contribution in [0.25, 0.3) is 10.9 Å². The summed E-state index contributed by atoms with van der Waals surface area (Å²) in [6.07, 6.45) is 0.915. The Morgan fingerprint density at radius 1 is 0.800 bits per heavy atom. The van der Waals surface area contributed by atoms with Crippen LogP contribution in [0.2, 0.25) is 0 Å². The van der Waals surface area contributed by atoms with Gasteiger partial charge in [-0.1, -0.05) is 86.6 Å². The van der Waals surface area contributed by atoms with Crippen LogP contribution in [0.4, 0.5) is 0 Å². The third-order valence-electron chi connectivity index (χ3n) is 6.24. The van der Waals surface area contributed by atoms with E-state index < -0.39 is 0 Å². The van der Waals surface area contributed by atoms with E-state index in [1.54, 1.807) is 0 Å². The maximum absolute atomic E-state index is 5.26. The summed E-state index contributed by atoms with van der Waals surface area (Å²) in [6, 6.07) is 30.8. The van der Waals surface area contributed by atoms with Crippen molar-refractivity contribution in [1.29, 1.82) is 0 Å². The molecule has 0 N–H and O–H groups in total. The van der Waals surface area contributed by atoms with Crippen LogP contribution in [-0.4, -0.2) is 9.88 Å². The van der Waals surface area contributed by atoms with E-state index in [1.165, 1.54) is 33.3 Å². The highest BCUT2D eigenvalue weighted by Crippen LogP contribution is 2.37. The fourth-order valence-corrected chi connectivity index (χ4v) is 4.85. The minimum Gasteiger partial charge on any atom is -0.286 e. The van der Waals surface area contributed by atoms with Gasteiger partial charge in [0.05, 0.1) is 17.3 Å². The molecule has 2 heteroatoms. The van der Waals surface area contributed by atoms with Gasteiger partial charge in [0.25, 0.3) is 0 Å². The summed E-state index contributed by atoms with van der Waals surface area (Å²) >= 11 is 0. The molecule has 0 radical (unpaired) electrons. The maximum Gasteiger partial charge on any atom is 0.0706 e. The Balaban J connectivity index is 1.60. The Morgan fingerprint density at radius 3 is 2.13 bits per heavy atom. The topological polar surface area (TPSA) is 16.1 Å². The smallest absolute Gasteiger partial charge is 0.0706 e. The average Bonchev–Trinajstić information content (AvgIpc) is 3.18. The molecule has 150 valence electrons. The van der Waals surface area contributed by atoms with Crippen LogP contribution in [0.3, 0.4) is 0 Å². The summed E-state index contributed by atoms with van der Waals surface area (Å²) in [4.78, 5) is 7.87. The molecule has 0 saturated carbocycles. The van der Waals surface area contributed by atoms with Crippen LogP contribution in [0.1, 0.15) is 47.8 Å². The molecule has 0 aliphatic carbocycles. The molecule has 1 aliphatic rings. The second-order valence-electron chi connectivity index (χ2n) is 8.75. The van der Waals surface area contributed by atoms with Gasteiger partial charge in [-0.25, -0.2) is 0 Å². The number of hydrogen-bond acceptors (Lipinski definition) is 2. The van der Waals surface area contributed by atoms with Crippen molar-refractivity contribution in [2.75, 3.05) is 0 Å². The molecule has 0 saturated heterocycles. The fraction of sp³-hybridized carbons (Fsp3) is 0.250. The van der Waals surface area contributed by atoms with E-state index in [-0.39, 0.29) is 0 Å². The minimum absolute atomic E-state index is 0.292.